The first-order valence-electron chi connectivity index (χ1n) is 6.02. The van der Waals surface area contributed by atoms with Crippen molar-refractivity contribution in [3.8, 4) is 0 Å². The molecule has 2 heterocycles. The van der Waals surface area contributed by atoms with E-state index in [1.807, 2.05) is 6.92 Å². The van der Waals surface area contributed by atoms with Crippen LogP contribution in [0.4, 0.5) is 5.82 Å². The van der Waals surface area contributed by atoms with Crippen LogP contribution < -0.4 is 10.5 Å². The van der Waals surface area contributed by atoms with E-state index in [-0.39, 0.29) is 17.3 Å². The third kappa shape index (κ3) is 3.11. The van der Waals surface area contributed by atoms with Crippen LogP contribution in [0.2, 0.25) is 0 Å². The Kier molecular flexibility index (Phi) is 4.00. The second kappa shape index (κ2) is 5.55. The number of aryl methyl sites for hydroxylation is 2. The van der Waals surface area contributed by atoms with Crippen molar-refractivity contribution >= 4 is 15.8 Å². The first kappa shape index (κ1) is 14.4. The van der Waals surface area contributed by atoms with Crippen molar-refractivity contribution in [2.75, 3.05) is 5.73 Å². The molecule has 9 heteroatoms. The Labute approximate surface area is 117 Å². The zero-order chi connectivity index (χ0) is 14.8. The van der Waals surface area contributed by atoms with Gasteiger partial charge in [-0.05, 0) is 13.8 Å². The fourth-order valence-electron chi connectivity index (χ4n) is 1.54. The number of nitrogens with two attached hydrogens (primary N) is 1. The van der Waals surface area contributed by atoms with Crippen LogP contribution in [0.1, 0.15) is 18.3 Å². The van der Waals surface area contributed by atoms with Crippen LogP contribution in [0, 0.1) is 6.92 Å². The van der Waals surface area contributed by atoms with E-state index in [1.165, 1.54) is 17.1 Å². The molecular formula is C11H16N6O2S. The van der Waals surface area contributed by atoms with Gasteiger partial charge in [0.15, 0.2) is 5.82 Å². The minimum Gasteiger partial charge on any atom is -0.381 e. The molecule has 0 unspecified atom stereocenters. The zero-order valence-electron chi connectivity index (χ0n) is 11.2. The highest BCUT2D eigenvalue weighted by molar-refractivity contribution is 7.89. The second-order valence-electron chi connectivity index (χ2n) is 4.21. The Morgan fingerprint density at radius 2 is 2.10 bits per heavy atom. The quantitative estimate of drug-likeness (QED) is 0.806. The van der Waals surface area contributed by atoms with Crippen molar-refractivity contribution in [2.24, 2.45) is 0 Å². The van der Waals surface area contributed by atoms with Crippen LogP contribution in [0.25, 0.3) is 0 Å². The molecule has 0 fully saturated rings. The van der Waals surface area contributed by atoms with Crippen molar-refractivity contribution in [3.63, 3.8) is 0 Å². The van der Waals surface area contributed by atoms with Crippen LogP contribution in [0.3, 0.4) is 0 Å². The summed E-state index contributed by atoms with van der Waals surface area (Å²) in [5.74, 6) is -0.0191. The van der Waals surface area contributed by atoms with Gasteiger partial charge in [0, 0.05) is 18.9 Å². The lowest BCUT2D eigenvalue weighted by Crippen LogP contribution is -2.24. The molecule has 0 spiro atoms. The van der Waals surface area contributed by atoms with E-state index in [9.17, 15) is 8.42 Å². The molecule has 8 nitrogen and oxygen atoms in total. The van der Waals surface area contributed by atoms with E-state index in [4.69, 9.17) is 5.73 Å². The van der Waals surface area contributed by atoms with Gasteiger partial charge in [0.25, 0.3) is 0 Å². The topological polar surface area (TPSA) is 116 Å². The minimum atomic E-state index is -3.71. The van der Waals surface area contributed by atoms with Crippen molar-refractivity contribution in [2.45, 2.75) is 31.8 Å². The van der Waals surface area contributed by atoms with Crippen LogP contribution in [-0.4, -0.2) is 28.2 Å². The second-order valence-corrected chi connectivity index (χ2v) is 5.94. The van der Waals surface area contributed by atoms with Gasteiger partial charge in [0.1, 0.15) is 4.90 Å². The summed E-state index contributed by atoms with van der Waals surface area (Å²) in [6.07, 6.45) is 4.50. The molecule has 0 bridgehead atoms. The van der Waals surface area contributed by atoms with Gasteiger partial charge in [0.2, 0.25) is 10.0 Å². The molecule has 0 aromatic carbocycles. The van der Waals surface area contributed by atoms with Crippen molar-refractivity contribution in [3.05, 3.63) is 30.0 Å². The summed E-state index contributed by atoms with van der Waals surface area (Å²) in [6.45, 7) is 4.24. The maximum Gasteiger partial charge on any atom is 0.246 e. The number of nitrogen functional groups attached to an aromatic ring is 1. The number of anilines is 1. The summed E-state index contributed by atoms with van der Waals surface area (Å²) >= 11 is 0. The molecule has 108 valence electrons. The third-order valence-electron chi connectivity index (χ3n) is 2.65. The van der Waals surface area contributed by atoms with Crippen molar-refractivity contribution < 1.29 is 8.42 Å². The number of hydrogen-bond donors (Lipinski definition) is 2. The van der Waals surface area contributed by atoms with E-state index < -0.39 is 10.0 Å². The Balaban J connectivity index is 2.14. The van der Waals surface area contributed by atoms with Crippen LogP contribution >= 0.6 is 0 Å². The standard InChI is InChI=1S/C11H16N6O2S/c1-3-17-7-10(11(12)16-17)20(18,19)15-6-9-5-13-8(2)4-14-9/h4-5,7,15H,3,6H2,1-2H3,(H2,12,16). The fraction of sp³-hybridized carbons (Fsp3) is 0.364. The highest BCUT2D eigenvalue weighted by Crippen LogP contribution is 2.16. The number of sulfonamides is 1. The number of aromatic nitrogens is 4. The summed E-state index contributed by atoms with van der Waals surface area (Å²) in [5.41, 5.74) is 6.91. The Bertz CT molecular complexity index is 692. The van der Waals surface area contributed by atoms with Crippen LogP contribution in [0.5, 0.6) is 0 Å². The minimum absolute atomic E-state index is 0.0191. The Morgan fingerprint density at radius 3 is 2.65 bits per heavy atom. The molecular weight excluding hydrogens is 280 g/mol. The maximum atomic E-state index is 12.1. The maximum absolute atomic E-state index is 12.1. The lowest BCUT2D eigenvalue weighted by molar-refractivity contribution is 0.580. The molecule has 0 saturated heterocycles. The molecule has 0 atom stereocenters. The summed E-state index contributed by atoms with van der Waals surface area (Å²) in [4.78, 5) is 8.10. The molecule has 2 aromatic heterocycles. The van der Waals surface area contributed by atoms with Gasteiger partial charge in [-0.15, -0.1) is 0 Å². The summed E-state index contributed by atoms with van der Waals surface area (Å²) < 4.78 is 28.2. The molecule has 3 N–H and O–H groups in total. The molecule has 0 aliphatic rings. The van der Waals surface area contributed by atoms with Gasteiger partial charge >= 0.3 is 0 Å². The number of nitrogens with zero attached hydrogens (tertiary/aromatic N) is 4. The van der Waals surface area contributed by atoms with Gasteiger partial charge in [0.05, 0.1) is 24.1 Å². The van der Waals surface area contributed by atoms with Gasteiger partial charge in [-0.3, -0.25) is 14.6 Å². The summed E-state index contributed by atoms with van der Waals surface area (Å²) in [5, 5.41) is 3.91. The fourth-order valence-corrected chi connectivity index (χ4v) is 2.61. The molecule has 0 aliphatic carbocycles. The van der Waals surface area contributed by atoms with Crippen molar-refractivity contribution in [1.29, 1.82) is 0 Å². The summed E-state index contributed by atoms with van der Waals surface area (Å²) in [6, 6.07) is 0. The Hall–Kier alpha value is -2.00. The molecule has 0 aliphatic heterocycles. The predicted octanol–water partition coefficient (Wildman–Crippen LogP) is 0.0621. The van der Waals surface area contributed by atoms with E-state index in [2.05, 4.69) is 19.8 Å². The van der Waals surface area contributed by atoms with Crippen LogP contribution in [0.15, 0.2) is 23.5 Å². The average Bonchev–Trinajstić information content (AvgIpc) is 2.80. The first-order valence-corrected chi connectivity index (χ1v) is 7.51. The lowest BCUT2D eigenvalue weighted by atomic mass is 10.4. The molecule has 20 heavy (non-hydrogen) atoms. The monoisotopic (exact) mass is 296 g/mol. The van der Waals surface area contributed by atoms with E-state index in [0.29, 0.717) is 12.2 Å². The van der Waals surface area contributed by atoms with Gasteiger partial charge in [-0.1, -0.05) is 0 Å². The lowest BCUT2D eigenvalue weighted by Gasteiger charge is -2.04. The van der Waals surface area contributed by atoms with Crippen LogP contribution in [-0.2, 0) is 23.1 Å². The molecule has 0 saturated carbocycles. The highest BCUT2D eigenvalue weighted by Gasteiger charge is 2.20. The normalized spacial score (nSPS) is 11.7. The number of rotatable bonds is 5. The average molecular weight is 296 g/mol. The largest absolute Gasteiger partial charge is 0.381 e. The predicted molar refractivity (Wildman–Crippen MR) is 73.1 cm³/mol. The third-order valence-corrected chi connectivity index (χ3v) is 4.06. The Morgan fingerprint density at radius 1 is 1.35 bits per heavy atom. The number of nitrogens with one attached hydrogen (secondary N) is 1. The van der Waals surface area contributed by atoms with E-state index in [0.717, 1.165) is 5.69 Å². The van der Waals surface area contributed by atoms with E-state index in [1.54, 1.807) is 13.1 Å². The first-order chi connectivity index (χ1) is 9.42. The van der Waals surface area contributed by atoms with Gasteiger partial charge < -0.3 is 5.73 Å². The van der Waals surface area contributed by atoms with Gasteiger partial charge in [-0.25, -0.2) is 13.1 Å². The zero-order valence-corrected chi connectivity index (χ0v) is 12.1. The van der Waals surface area contributed by atoms with Crippen molar-refractivity contribution in [1.82, 2.24) is 24.5 Å². The molecule has 0 amide bonds. The molecule has 2 rings (SSSR count). The smallest absolute Gasteiger partial charge is 0.246 e. The molecule has 0 radical (unpaired) electrons. The van der Waals surface area contributed by atoms with Gasteiger partial charge in [-0.2, -0.15) is 5.10 Å². The SMILES string of the molecule is CCn1cc(S(=O)(=O)NCc2cnc(C)cn2)c(N)n1. The highest BCUT2D eigenvalue weighted by atomic mass is 32.2. The molecule has 2 aromatic rings. The summed E-state index contributed by atoms with van der Waals surface area (Å²) in [7, 11) is -3.71. The van der Waals surface area contributed by atoms with E-state index >= 15 is 0 Å². The number of hydrogen-bond acceptors (Lipinski definition) is 6.